The Hall–Kier alpha value is -2.28. The number of benzene rings is 1. The van der Waals surface area contributed by atoms with Crippen LogP contribution in [0.1, 0.15) is 18.9 Å². The highest BCUT2D eigenvalue weighted by Gasteiger charge is 2.29. The molecule has 2 atom stereocenters. The molecule has 0 bridgehead atoms. The predicted molar refractivity (Wildman–Crippen MR) is 78.1 cm³/mol. The second-order valence-corrected chi connectivity index (χ2v) is 5.38. The van der Waals surface area contributed by atoms with E-state index in [-0.39, 0.29) is 17.9 Å². The summed E-state index contributed by atoms with van der Waals surface area (Å²) in [7, 11) is 0. The van der Waals surface area contributed by atoms with Crippen molar-refractivity contribution in [1.82, 2.24) is 25.5 Å². The van der Waals surface area contributed by atoms with Crippen molar-refractivity contribution in [1.29, 1.82) is 0 Å². The molecule has 2 N–H and O–H groups in total. The quantitative estimate of drug-likeness (QED) is 0.876. The third-order valence-electron chi connectivity index (χ3n) is 3.92. The number of carbonyl (C=O) groups excluding carboxylic acids is 1. The molecule has 1 aliphatic rings. The highest BCUT2D eigenvalue weighted by molar-refractivity contribution is 5.93. The molecule has 0 radical (unpaired) electrons. The van der Waals surface area contributed by atoms with Crippen LogP contribution in [0.2, 0.25) is 0 Å². The molecule has 0 saturated carbocycles. The van der Waals surface area contributed by atoms with Crippen LogP contribution in [0.5, 0.6) is 0 Å². The van der Waals surface area contributed by atoms with Gasteiger partial charge in [-0.25, -0.2) is 4.68 Å². The molecule has 0 aliphatic carbocycles. The van der Waals surface area contributed by atoms with E-state index in [1.165, 1.54) is 0 Å². The van der Waals surface area contributed by atoms with Crippen molar-refractivity contribution in [3.05, 3.63) is 30.1 Å². The number of aryl methyl sites for hydroxylation is 1. The minimum atomic E-state index is 0.0319. The van der Waals surface area contributed by atoms with Gasteiger partial charge in [-0.15, -0.1) is 5.10 Å². The van der Waals surface area contributed by atoms with E-state index in [2.05, 4.69) is 26.2 Å². The summed E-state index contributed by atoms with van der Waals surface area (Å²) in [6.45, 7) is 4.91. The maximum Gasteiger partial charge on any atom is 0.229 e. The molecule has 1 saturated heterocycles. The number of carbonyl (C=O) groups is 1. The monoisotopic (exact) mass is 286 g/mol. The summed E-state index contributed by atoms with van der Waals surface area (Å²) in [6.07, 6.45) is 2.43. The molecule has 1 amide bonds. The zero-order valence-corrected chi connectivity index (χ0v) is 12.1. The lowest BCUT2D eigenvalue weighted by Crippen LogP contribution is -2.32. The Morgan fingerprint density at radius 1 is 1.48 bits per heavy atom. The molecule has 0 spiro atoms. The first kappa shape index (κ1) is 13.7. The number of hydrogen-bond donors (Lipinski definition) is 2. The van der Waals surface area contributed by atoms with Gasteiger partial charge in [0, 0.05) is 11.7 Å². The van der Waals surface area contributed by atoms with E-state index < -0.39 is 0 Å². The summed E-state index contributed by atoms with van der Waals surface area (Å²) in [4.78, 5) is 12.3. The number of hydrogen-bond acceptors (Lipinski definition) is 5. The Kier molecular flexibility index (Phi) is 3.66. The zero-order chi connectivity index (χ0) is 14.8. The van der Waals surface area contributed by atoms with Gasteiger partial charge < -0.3 is 10.6 Å². The van der Waals surface area contributed by atoms with Crippen LogP contribution in [0.3, 0.4) is 0 Å². The number of rotatable bonds is 3. The van der Waals surface area contributed by atoms with Crippen molar-refractivity contribution in [2.75, 3.05) is 11.9 Å². The summed E-state index contributed by atoms with van der Waals surface area (Å²) in [5.74, 6) is 0.103. The maximum atomic E-state index is 12.3. The van der Waals surface area contributed by atoms with Crippen LogP contribution >= 0.6 is 0 Å². The molecular weight excluding hydrogens is 268 g/mol. The fraction of sp³-hybridized carbons (Fsp3) is 0.429. The van der Waals surface area contributed by atoms with Gasteiger partial charge in [0.15, 0.2) is 0 Å². The largest absolute Gasteiger partial charge is 0.326 e. The van der Waals surface area contributed by atoms with Crippen molar-refractivity contribution in [3.63, 3.8) is 0 Å². The van der Waals surface area contributed by atoms with Crippen LogP contribution in [0.25, 0.3) is 5.69 Å². The highest BCUT2D eigenvalue weighted by atomic mass is 16.1. The summed E-state index contributed by atoms with van der Waals surface area (Å²) >= 11 is 0. The zero-order valence-electron chi connectivity index (χ0n) is 12.1. The number of nitrogens with one attached hydrogen (secondary N) is 2. The Bertz CT molecular complexity index is 639. The minimum absolute atomic E-state index is 0.0319. The molecule has 21 heavy (non-hydrogen) atoms. The normalized spacial score (nSPS) is 21.4. The fourth-order valence-electron chi connectivity index (χ4n) is 2.71. The van der Waals surface area contributed by atoms with E-state index in [1.807, 2.05) is 32.0 Å². The van der Waals surface area contributed by atoms with Crippen LogP contribution in [0, 0.1) is 12.8 Å². The molecule has 7 heteroatoms. The fourth-order valence-corrected chi connectivity index (χ4v) is 2.71. The van der Waals surface area contributed by atoms with E-state index in [9.17, 15) is 4.79 Å². The van der Waals surface area contributed by atoms with Gasteiger partial charge in [-0.05, 0) is 61.0 Å². The van der Waals surface area contributed by atoms with Gasteiger partial charge in [0.25, 0.3) is 0 Å². The lowest BCUT2D eigenvalue weighted by Gasteiger charge is -2.15. The average molecular weight is 286 g/mol. The van der Waals surface area contributed by atoms with Crippen LogP contribution in [0.15, 0.2) is 24.5 Å². The Morgan fingerprint density at radius 2 is 2.33 bits per heavy atom. The van der Waals surface area contributed by atoms with E-state index in [0.717, 1.165) is 29.9 Å². The van der Waals surface area contributed by atoms with E-state index in [0.29, 0.717) is 0 Å². The van der Waals surface area contributed by atoms with Gasteiger partial charge in [-0.1, -0.05) is 0 Å². The van der Waals surface area contributed by atoms with Crippen LogP contribution in [-0.4, -0.2) is 38.7 Å². The summed E-state index contributed by atoms with van der Waals surface area (Å²) in [5, 5.41) is 17.4. The van der Waals surface area contributed by atoms with Crippen LogP contribution in [-0.2, 0) is 4.79 Å². The van der Waals surface area contributed by atoms with E-state index in [4.69, 9.17) is 0 Å². The third-order valence-corrected chi connectivity index (χ3v) is 3.92. The number of tetrazole rings is 1. The van der Waals surface area contributed by atoms with Crippen LogP contribution in [0.4, 0.5) is 5.69 Å². The molecule has 7 nitrogen and oxygen atoms in total. The first-order valence-corrected chi connectivity index (χ1v) is 7.03. The first-order chi connectivity index (χ1) is 10.1. The third kappa shape index (κ3) is 2.78. The smallest absolute Gasteiger partial charge is 0.229 e. The van der Waals surface area contributed by atoms with E-state index >= 15 is 0 Å². The Balaban J connectivity index is 1.75. The van der Waals surface area contributed by atoms with Crippen molar-refractivity contribution in [3.8, 4) is 5.69 Å². The van der Waals surface area contributed by atoms with Crippen LogP contribution < -0.4 is 10.6 Å². The molecule has 2 aromatic rings. The average Bonchev–Trinajstić information content (AvgIpc) is 3.10. The molecule has 1 aromatic heterocycles. The molecule has 1 aliphatic heterocycles. The second-order valence-electron chi connectivity index (χ2n) is 5.38. The molecular formula is C14H18N6O. The molecule has 1 fully saturated rings. The number of amides is 1. The van der Waals surface area contributed by atoms with Gasteiger partial charge in [0.05, 0.1) is 11.6 Å². The standard InChI is InChI=1S/C14H18N6O/c1-9-7-11(3-4-13(9)20-8-16-18-19-20)17-14(21)12-5-6-15-10(12)2/h3-4,7-8,10,12,15H,5-6H2,1-2H3,(H,17,21). The van der Waals surface area contributed by atoms with Gasteiger partial charge in [0.1, 0.15) is 6.33 Å². The lowest BCUT2D eigenvalue weighted by molar-refractivity contribution is -0.119. The van der Waals surface area contributed by atoms with Crippen molar-refractivity contribution >= 4 is 11.6 Å². The van der Waals surface area contributed by atoms with Crippen molar-refractivity contribution in [2.24, 2.45) is 5.92 Å². The van der Waals surface area contributed by atoms with Crippen molar-refractivity contribution in [2.45, 2.75) is 26.3 Å². The van der Waals surface area contributed by atoms with Gasteiger partial charge >= 0.3 is 0 Å². The molecule has 2 unspecified atom stereocenters. The molecule has 2 heterocycles. The summed E-state index contributed by atoms with van der Waals surface area (Å²) in [5.41, 5.74) is 2.69. The Morgan fingerprint density at radius 3 is 2.95 bits per heavy atom. The number of aromatic nitrogens is 4. The number of nitrogens with zero attached hydrogens (tertiary/aromatic N) is 4. The van der Waals surface area contributed by atoms with Gasteiger partial charge in [-0.2, -0.15) is 0 Å². The van der Waals surface area contributed by atoms with Gasteiger partial charge in [-0.3, -0.25) is 4.79 Å². The molecule has 3 rings (SSSR count). The maximum absolute atomic E-state index is 12.3. The van der Waals surface area contributed by atoms with Gasteiger partial charge in [0.2, 0.25) is 5.91 Å². The predicted octanol–water partition coefficient (Wildman–Crippen LogP) is 0.907. The topological polar surface area (TPSA) is 84.7 Å². The van der Waals surface area contributed by atoms with E-state index in [1.54, 1.807) is 11.0 Å². The SMILES string of the molecule is Cc1cc(NC(=O)C2CCNC2C)ccc1-n1cnnn1. The summed E-state index contributed by atoms with van der Waals surface area (Å²) in [6, 6.07) is 5.93. The summed E-state index contributed by atoms with van der Waals surface area (Å²) < 4.78 is 1.60. The Labute approximate surface area is 122 Å². The number of anilines is 1. The molecule has 1 aromatic carbocycles. The molecule has 110 valence electrons. The highest BCUT2D eigenvalue weighted by Crippen LogP contribution is 2.21. The lowest BCUT2D eigenvalue weighted by atomic mass is 10.0. The van der Waals surface area contributed by atoms with Crippen molar-refractivity contribution < 1.29 is 4.79 Å². The minimum Gasteiger partial charge on any atom is -0.326 e. The first-order valence-electron chi connectivity index (χ1n) is 7.03. The second kappa shape index (κ2) is 5.61.